The molecule has 0 N–H and O–H groups in total. The van der Waals surface area contributed by atoms with Crippen molar-refractivity contribution in [3.63, 3.8) is 0 Å². The Morgan fingerprint density at radius 2 is 1.85 bits per heavy atom. The Labute approximate surface area is 158 Å². The highest BCUT2D eigenvalue weighted by Gasteiger charge is 2.25. The zero-order valence-electron chi connectivity index (χ0n) is 14.0. The quantitative estimate of drug-likeness (QED) is 0.690. The second-order valence-corrected chi connectivity index (χ2v) is 7.60. The highest BCUT2D eigenvalue weighted by Crippen LogP contribution is 2.24. The molecule has 0 atom stereocenters. The standard InChI is InChI=1S/C18H17N3O3S2/c22-17(13-4-10-25-11-13)20-5-2-6-21(8-7-20)18(23)14-12-26-16(19-14)15-3-1-9-24-15/h1,3-4,9-12H,2,5-8H2. The van der Waals surface area contributed by atoms with E-state index in [4.69, 9.17) is 4.42 Å². The molecule has 3 aromatic rings. The van der Waals surface area contributed by atoms with Gasteiger partial charge in [0.05, 0.1) is 11.8 Å². The zero-order valence-corrected chi connectivity index (χ0v) is 15.6. The molecule has 2 amide bonds. The lowest BCUT2D eigenvalue weighted by molar-refractivity contribution is 0.0716. The molecule has 4 rings (SSSR count). The Hall–Kier alpha value is -2.45. The zero-order chi connectivity index (χ0) is 17.9. The molecule has 1 aliphatic rings. The van der Waals surface area contributed by atoms with Gasteiger partial charge in [-0.15, -0.1) is 11.3 Å². The fraction of sp³-hybridized carbons (Fsp3) is 0.278. The van der Waals surface area contributed by atoms with Gasteiger partial charge in [-0.05, 0) is 30.0 Å². The minimum absolute atomic E-state index is 0.0364. The first-order valence-electron chi connectivity index (χ1n) is 8.32. The number of thiazole rings is 1. The topological polar surface area (TPSA) is 66.7 Å². The third kappa shape index (κ3) is 3.42. The normalized spacial score (nSPS) is 15.1. The first-order valence-corrected chi connectivity index (χ1v) is 10.1. The molecule has 26 heavy (non-hydrogen) atoms. The molecule has 1 aliphatic heterocycles. The summed E-state index contributed by atoms with van der Waals surface area (Å²) >= 11 is 2.91. The third-order valence-corrected chi connectivity index (χ3v) is 5.83. The van der Waals surface area contributed by atoms with Crippen LogP contribution in [0.3, 0.4) is 0 Å². The van der Waals surface area contributed by atoms with Gasteiger partial charge in [-0.3, -0.25) is 9.59 Å². The summed E-state index contributed by atoms with van der Waals surface area (Å²) < 4.78 is 5.33. The van der Waals surface area contributed by atoms with Gasteiger partial charge >= 0.3 is 0 Å². The third-order valence-electron chi connectivity index (χ3n) is 4.29. The van der Waals surface area contributed by atoms with Gasteiger partial charge in [0.25, 0.3) is 11.8 Å². The lowest BCUT2D eigenvalue weighted by Crippen LogP contribution is -2.37. The maximum atomic E-state index is 12.8. The average molecular weight is 387 g/mol. The van der Waals surface area contributed by atoms with E-state index < -0.39 is 0 Å². The van der Waals surface area contributed by atoms with Crippen molar-refractivity contribution in [3.05, 3.63) is 51.9 Å². The molecule has 1 fully saturated rings. The van der Waals surface area contributed by atoms with Crippen molar-refractivity contribution in [1.82, 2.24) is 14.8 Å². The number of rotatable bonds is 3. The fourth-order valence-electron chi connectivity index (χ4n) is 2.94. The molecule has 4 heterocycles. The van der Waals surface area contributed by atoms with Crippen LogP contribution in [-0.2, 0) is 0 Å². The Bertz CT molecular complexity index is 887. The van der Waals surface area contributed by atoms with E-state index in [2.05, 4.69) is 4.98 Å². The van der Waals surface area contributed by atoms with Crippen LogP contribution in [0.15, 0.2) is 45.0 Å². The fourth-order valence-corrected chi connectivity index (χ4v) is 4.33. The largest absolute Gasteiger partial charge is 0.462 e. The summed E-state index contributed by atoms with van der Waals surface area (Å²) in [5.74, 6) is 0.607. The van der Waals surface area contributed by atoms with Crippen molar-refractivity contribution in [2.24, 2.45) is 0 Å². The van der Waals surface area contributed by atoms with Gasteiger partial charge in [0.2, 0.25) is 0 Å². The van der Waals surface area contributed by atoms with Crippen LogP contribution in [0.1, 0.15) is 27.3 Å². The van der Waals surface area contributed by atoms with Crippen molar-refractivity contribution in [3.8, 4) is 10.8 Å². The van der Waals surface area contributed by atoms with Crippen LogP contribution >= 0.6 is 22.7 Å². The summed E-state index contributed by atoms with van der Waals surface area (Å²) in [5, 5.41) is 6.23. The van der Waals surface area contributed by atoms with Crippen LogP contribution < -0.4 is 0 Å². The average Bonchev–Trinajstić information content (AvgIpc) is 3.39. The number of carbonyl (C=O) groups is 2. The maximum Gasteiger partial charge on any atom is 0.273 e. The van der Waals surface area contributed by atoms with E-state index in [0.717, 1.165) is 12.0 Å². The lowest BCUT2D eigenvalue weighted by atomic mass is 10.3. The molecule has 0 saturated carbocycles. The first kappa shape index (κ1) is 17.0. The maximum absolute atomic E-state index is 12.8. The molecule has 3 aromatic heterocycles. The summed E-state index contributed by atoms with van der Waals surface area (Å²) in [6.07, 6.45) is 2.35. The van der Waals surface area contributed by atoms with Gasteiger partial charge in [0.15, 0.2) is 10.8 Å². The van der Waals surface area contributed by atoms with E-state index >= 15 is 0 Å². The lowest BCUT2D eigenvalue weighted by Gasteiger charge is -2.21. The molecule has 134 valence electrons. The molecule has 0 radical (unpaired) electrons. The van der Waals surface area contributed by atoms with Crippen molar-refractivity contribution in [2.45, 2.75) is 6.42 Å². The second kappa shape index (κ2) is 7.43. The number of carbonyl (C=O) groups excluding carboxylic acids is 2. The van der Waals surface area contributed by atoms with Gasteiger partial charge in [0, 0.05) is 36.9 Å². The summed E-state index contributed by atoms with van der Waals surface area (Å²) in [5.41, 5.74) is 1.15. The highest BCUT2D eigenvalue weighted by molar-refractivity contribution is 7.13. The predicted octanol–water partition coefficient (Wildman–Crippen LogP) is 3.45. The molecule has 0 aromatic carbocycles. The molecule has 6 nitrogen and oxygen atoms in total. The van der Waals surface area contributed by atoms with E-state index in [0.29, 0.717) is 42.6 Å². The second-order valence-electron chi connectivity index (χ2n) is 5.97. The summed E-state index contributed by atoms with van der Waals surface area (Å²) in [6, 6.07) is 5.46. The van der Waals surface area contributed by atoms with Crippen molar-refractivity contribution in [2.75, 3.05) is 26.2 Å². The minimum atomic E-state index is -0.0936. The Balaban J connectivity index is 1.42. The van der Waals surface area contributed by atoms with Crippen LogP contribution in [0.25, 0.3) is 10.8 Å². The van der Waals surface area contributed by atoms with E-state index in [1.165, 1.54) is 22.7 Å². The number of nitrogens with zero attached hydrogens (tertiary/aromatic N) is 3. The summed E-state index contributed by atoms with van der Waals surface area (Å²) in [7, 11) is 0. The SMILES string of the molecule is O=C(c1ccsc1)N1CCCN(C(=O)c2csc(-c3ccco3)n2)CC1. The van der Waals surface area contributed by atoms with E-state index in [9.17, 15) is 9.59 Å². The van der Waals surface area contributed by atoms with Gasteiger partial charge in [0.1, 0.15) is 5.69 Å². The molecule has 8 heteroatoms. The predicted molar refractivity (Wildman–Crippen MR) is 101 cm³/mol. The van der Waals surface area contributed by atoms with Crippen LogP contribution in [0.4, 0.5) is 0 Å². The van der Waals surface area contributed by atoms with Gasteiger partial charge in [-0.2, -0.15) is 11.3 Å². The van der Waals surface area contributed by atoms with E-state index in [-0.39, 0.29) is 11.8 Å². The number of furan rings is 1. The number of hydrogen-bond donors (Lipinski definition) is 0. The van der Waals surface area contributed by atoms with Gasteiger partial charge in [-0.1, -0.05) is 0 Å². The first-order chi connectivity index (χ1) is 12.7. The summed E-state index contributed by atoms with van der Waals surface area (Å²) in [4.78, 5) is 33.3. The van der Waals surface area contributed by atoms with Gasteiger partial charge < -0.3 is 14.2 Å². The molecule has 0 spiro atoms. The number of hydrogen-bond acceptors (Lipinski definition) is 6. The van der Waals surface area contributed by atoms with Crippen LogP contribution in [0.2, 0.25) is 0 Å². The Kier molecular flexibility index (Phi) is 4.85. The highest BCUT2D eigenvalue weighted by atomic mass is 32.1. The molecule has 0 bridgehead atoms. The Morgan fingerprint density at radius 3 is 2.54 bits per heavy atom. The monoisotopic (exact) mass is 387 g/mol. The Morgan fingerprint density at radius 1 is 1.04 bits per heavy atom. The van der Waals surface area contributed by atoms with Crippen molar-refractivity contribution < 1.29 is 14.0 Å². The number of aromatic nitrogens is 1. The number of thiophene rings is 1. The van der Waals surface area contributed by atoms with Gasteiger partial charge in [-0.25, -0.2) is 4.98 Å². The molecule has 0 unspecified atom stereocenters. The van der Waals surface area contributed by atoms with E-state index in [1.807, 2.05) is 27.8 Å². The van der Waals surface area contributed by atoms with Crippen molar-refractivity contribution >= 4 is 34.5 Å². The van der Waals surface area contributed by atoms with Crippen LogP contribution in [-0.4, -0.2) is 52.8 Å². The molecular formula is C18H17N3O3S2. The minimum Gasteiger partial charge on any atom is -0.462 e. The molecule has 1 saturated heterocycles. The molecule has 0 aliphatic carbocycles. The summed E-state index contributed by atoms with van der Waals surface area (Å²) in [6.45, 7) is 2.34. The van der Waals surface area contributed by atoms with Crippen molar-refractivity contribution in [1.29, 1.82) is 0 Å². The van der Waals surface area contributed by atoms with Crippen LogP contribution in [0.5, 0.6) is 0 Å². The van der Waals surface area contributed by atoms with E-state index in [1.54, 1.807) is 22.6 Å². The molecular weight excluding hydrogens is 370 g/mol. The smallest absolute Gasteiger partial charge is 0.273 e. The number of amides is 2. The van der Waals surface area contributed by atoms with Crippen LogP contribution in [0, 0.1) is 0 Å².